The van der Waals surface area contributed by atoms with Crippen molar-refractivity contribution in [3.8, 4) is 0 Å². The molecule has 0 N–H and O–H groups in total. The standard InChI is InChI=1S/C17H18N2O2/c1-3-18-11-12(2)16(20)19(17(18)21)15-10-6-8-13-7-4-5-9-14(13)15/h4-10,12H,3,11H2,1-2H3. The summed E-state index contributed by atoms with van der Waals surface area (Å²) in [5.74, 6) is -0.303. The van der Waals surface area contributed by atoms with E-state index in [1.165, 1.54) is 4.90 Å². The van der Waals surface area contributed by atoms with E-state index in [1.54, 1.807) is 4.90 Å². The van der Waals surface area contributed by atoms with Crippen molar-refractivity contribution in [3.63, 3.8) is 0 Å². The Morgan fingerprint density at radius 1 is 1.10 bits per heavy atom. The smallest absolute Gasteiger partial charge is 0.323 e. The molecule has 108 valence electrons. The predicted octanol–water partition coefficient (Wildman–Crippen LogP) is 3.26. The van der Waals surface area contributed by atoms with E-state index in [0.717, 1.165) is 10.8 Å². The third-order valence-electron chi connectivity index (χ3n) is 3.99. The largest absolute Gasteiger partial charge is 0.331 e. The summed E-state index contributed by atoms with van der Waals surface area (Å²) in [6.07, 6.45) is 0. The van der Waals surface area contributed by atoms with Crippen LogP contribution in [-0.2, 0) is 4.79 Å². The van der Waals surface area contributed by atoms with Gasteiger partial charge in [0.15, 0.2) is 0 Å². The first-order valence-corrected chi connectivity index (χ1v) is 7.24. The van der Waals surface area contributed by atoms with Crippen LogP contribution in [0.3, 0.4) is 0 Å². The topological polar surface area (TPSA) is 40.6 Å². The predicted molar refractivity (Wildman–Crippen MR) is 83.2 cm³/mol. The molecule has 4 nitrogen and oxygen atoms in total. The first kappa shape index (κ1) is 13.6. The van der Waals surface area contributed by atoms with Gasteiger partial charge < -0.3 is 4.90 Å². The third-order valence-corrected chi connectivity index (χ3v) is 3.99. The highest BCUT2D eigenvalue weighted by atomic mass is 16.2. The van der Waals surface area contributed by atoms with Gasteiger partial charge in [0.25, 0.3) is 0 Å². The van der Waals surface area contributed by atoms with Crippen molar-refractivity contribution in [3.05, 3.63) is 42.5 Å². The highest BCUT2D eigenvalue weighted by Gasteiger charge is 2.37. The van der Waals surface area contributed by atoms with Gasteiger partial charge in [0.05, 0.1) is 11.6 Å². The van der Waals surface area contributed by atoms with Crippen molar-refractivity contribution >= 4 is 28.4 Å². The fourth-order valence-corrected chi connectivity index (χ4v) is 2.83. The molecule has 2 aromatic carbocycles. The number of anilines is 1. The van der Waals surface area contributed by atoms with Gasteiger partial charge in [0.2, 0.25) is 5.91 Å². The second-order valence-electron chi connectivity index (χ2n) is 5.39. The summed E-state index contributed by atoms with van der Waals surface area (Å²) in [4.78, 5) is 28.2. The van der Waals surface area contributed by atoms with Crippen molar-refractivity contribution in [1.29, 1.82) is 0 Å². The van der Waals surface area contributed by atoms with E-state index in [9.17, 15) is 9.59 Å². The molecule has 0 aromatic heterocycles. The van der Waals surface area contributed by atoms with Crippen LogP contribution in [0.1, 0.15) is 13.8 Å². The zero-order valence-electron chi connectivity index (χ0n) is 12.2. The summed E-state index contributed by atoms with van der Waals surface area (Å²) in [5, 5.41) is 1.95. The lowest BCUT2D eigenvalue weighted by Gasteiger charge is -2.37. The maximum Gasteiger partial charge on any atom is 0.331 e. The molecule has 1 atom stereocenters. The number of hydrogen-bond acceptors (Lipinski definition) is 2. The molecule has 4 heteroatoms. The van der Waals surface area contributed by atoms with Gasteiger partial charge in [-0.2, -0.15) is 0 Å². The van der Waals surface area contributed by atoms with Gasteiger partial charge in [0.1, 0.15) is 0 Å². The molecule has 0 saturated carbocycles. The van der Waals surface area contributed by atoms with Gasteiger partial charge in [-0.05, 0) is 18.4 Å². The minimum atomic E-state index is -0.225. The SMILES string of the molecule is CCN1CC(C)C(=O)N(c2cccc3ccccc23)C1=O. The minimum Gasteiger partial charge on any atom is -0.323 e. The van der Waals surface area contributed by atoms with Crippen LogP contribution in [-0.4, -0.2) is 29.9 Å². The number of benzene rings is 2. The molecule has 21 heavy (non-hydrogen) atoms. The van der Waals surface area contributed by atoms with Crippen molar-refractivity contribution < 1.29 is 9.59 Å². The molecule has 0 radical (unpaired) electrons. The Morgan fingerprint density at radius 3 is 2.57 bits per heavy atom. The number of nitrogens with zero attached hydrogens (tertiary/aromatic N) is 2. The van der Waals surface area contributed by atoms with Gasteiger partial charge >= 0.3 is 6.03 Å². The highest BCUT2D eigenvalue weighted by molar-refractivity contribution is 6.20. The van der Waals surface area contributed by atoms with E-state index in [2.05, 4.69) is 0 Å². The Hall–Kier alpha value is -2.36. The van der Waals surface area contributed by atoms with Crippen LogP contribution in [0.5, 0.6) is 0 Å². The average Bonchev–Trinajstić information content (AvgIpc) is 2.51. The van der Waals surface area contributed by atoms with Crippen LogP contribution < -0.4 is 4.90 Å². The van der Waals surface area contributed by atoms with Gasteiger partial charge in [0, 0.05) is 18.5 Å². The summed E-state index contributed by atoms with van der Waals surface area (Å²) in [6.45, 7) is 4.91. The van der Waals surface area contributed by atoms with Gasteiger partial charge in [-0.3, -0.25) is 4.79 Å². The first-order valence-electron chi connectivity index (χ1n) is 7.24. The number of hydrogen-bond donors (Lipinski definition) is 0. The molecular formula is C17H18N2O2. The van der Waals surface area contributed by atoms with E-state index in [1.807, 2.05) is 56.3 Å². The Morgan fingerprint density at radius 2 is 1.81 bits per heavy atom. The molecule has 1 heterocycles. The quantitative estimate of drug-likeness (QED) is 0.848. The first-order chi connectivity index (χ1) is 10.1. The molecule has 0 spiro atoms. The van der Waals surface area contributed by atoms with Crippen LogP contribution in [0.15, 0.2) is 42.5 Å². The molecular weight excluding hydrogens is 264 g/mol. The summed E-state index contributed by atoms with van der Waals surface area (Å²) in [6, 6.07) is 13.3. The maximum atomic E-state index is 12.6. The Kier molecular flexibility index (Phi) is 3.37. The molecule has 0 aliphatic carbocycles. The third kappa shape index (κ3) is 2.17. The van der Waals surface area contributed by atoms with Crippen LogP contribution in [0.2, 0.25) is 0 Å². The number of carbonyl (C=O) groups is 2. The molecule has 3 rings (SSSR count). The Balaban J connectivity index is 2.15. The zero-order valence-corrected chi connectivity index (χ0v) is 12.2. The Bertz CT molecular complexity index is 706. The van der Waals surface area contributed by atoms with Crippen LogP contribution in [0, 0.1) is 5.92 Å². The van der Waals surface area contributed by atoms with E-state index >= 15 is 0 Å². The second-order valence-corrected chi connectivity index (χ2v) is 5.39. The summed E-state index contributed by atoms with van der Waals surface area (Å²) in [5.41, 5.74) is 0.674. The number of imide groups is 1. The average molecular weight is 282 g/mol. The van der Waals surface area contributed by atoms with Crippen molar-refractivity contribution in [1.82, 2.24) is 4.90 Å². The van der Waals surface area contributed by atoms with Gasteiger partial charge in [-0.1, -0.05) is 43.3 Å². The van der Waals surface area contributed by atoms with Crippen LogP contribution >= 0.6 is 0 Å². The number of carbonyl (C=O) groups excluding carboxylic acids is 2. The van der Waals surface area contributed by atoms with E-state index < -0.39 is 0 Å². The lowest BCUT2D eigenvalue weighted by molar-refractivity contribution is -0.122. The molecule has 1 saturated heterocycles. The van der Waals surface area contributed by atoms with E-state index in [-0.39, 0.29) is 17.9 Å². The van der Waals surface area contributed by atoms with Crippen molar-refractivity contribution in [2.45, 2.75) is 13.8 Å². The summed E-state index contributed by atoms with van der Waals surface area (Å²) >= 11 is 0. The number of fused-ring (bicyclic) bond motifs is 1. The van der Waals surface area contributed by atoms with Crippen LogP contribution in [0.25, 0.3) is 10.8 Å². The normalized spacial score (nSPS) is 19.4. The van der Waals surface area contributed by atoms with E-state index in [4.69, 9.17) is 0 Å². The van der Waals surface area contributed by atoms with Crippen LogP contribution in [0.4, 0.5) is 10.5 Å². The second kappa shape index (κ2) is 5.20. The fourth-order valence-electron chi connectivity index (χ4n) is 2.83. The molecule has 0 bridgehead atoms. The number of urea groups is 1. The molecule has 3 amide bonds. The van der Waals surface area contributed by atoms with Crippen molar-refractivity contribution in [2.24, 2.45) is 5.92 Å². The van der Waals surface area contributed by atoms with Gasteiger partial charge in [-0.25, -0.2) is 9.69 Å². The fraction of sp³-hybridized carbons (Fsp3) is 0.294. The maximum absolute atomic E-state index is 12.6. The van der Waals surface area contributed by atoms with Gasteiger partial charge in [-0.15, -0.1) is 0 Å². The summed E-state index contributed by atoms with van der Waals surface area (Å²) < 4.78 is 0. The molecule has 1 unspecified atom stereocenters. The lowest BCUT2D eigenvalue weighted by Crippen LogP contribution is -2.56. The van der Waals surface area contributed by atoms with Crippen molar-refractivity contribution in [2.75, 3.05) is 18.0 Å². The molecule has 1 fully saturated rings. The molecule has 2 aromatic rings. The number of amides is 3. The molecule has 1 aliphatic rings. The zero-order chi connectivity index (χ0) is 15.0. The highest BCUT2D eigenvalue weighted by Crippen LogP contribution is 2.30. The number of rotatable bonds is 2. The Labute approximate surface area is 124 Å². The molecule has 1 aliphatic heterocycles. The minimum absolute atomic E-state index is 0.124. The monoisotopic (exact) mass is 282 g/mol. The lowest BCUT2D eigenvalue weighted by atomic mass is 10.0. The van der Waals surface area contributed by atoms with E-state index in [0.29, 0.717) is 18.8 Å². The summed E-state index contributed by atoms with van der Waals surface area (Å²) in [7, 11) is 0.